The topological polar surface area (TPSA) is 46.9 Å². The molecule has 1 amide bonds. The van der Waals surface area contributed by atoms with Gasteiger partial charge in [-0.25, -0.2) is 4.98 Å². The molecule has 4 heteroatoms. The molecule has 0 atom stereocenters. The van der Waals surface area contributed by atoms with E-state index in [-0.39, 0.29) is 5.91 Å². The highest BCUT2D eigenvalue weighted by molar-refractivity contribution is 5.77. The summed E-state index contributed by atoms with van der Waals surface area (Å²) in [5.74, 6) is 3.02. The summed E-state index contributed by atoms with van der Waals surface area (Å²) in [6.45, 7) is 1.60. The largest absolute Gasteiger partial charge is 0.355 e. The molecule has 0 saturated heterocycles. The Morgan fingerprint density at radius 2 is 1.80 bits per heavy atom. The van der Waals surface area contributed by atoms with E-state index in [2.05, 4.69) is 20.9 Å². The van der Waals surface area contributed by atoms with Gasteiger partial charge in [0.15, 0.2) is 0 Å². The summed E-state index contributed by atoms with van der Waals surface area (Å²) in [6, 6.07) is 8.10. The minimum absolute atomic E-state index is 0.188. The molecule has 0 unspecified atom stereocenters. The van der Waals surface area contributed by atoms with Crippen LogP contribution >= 0.6 is 0 Å². The lowest BCUT2D eigenvalue weighted by Gasteiger charge is -2.56. The minimum Gasteiger partial charge on any atom is -0.355 e. The van der Waals surface area contributed by atoms with Crippen molar-refractivity contribution in [3.8, 4) is 0 Å². The van der Waals surface area contributed by atoms with Crippen molar-refractivity contribution >= 4 is 16.9 Å². The molecule has 4 aliphatic carbocycles. The van der Waals surface area contributed by atoms with Crippen molar-refractivity contribution in [2.45, 2.75) is 51.5 Å². The molecule has 1 heterocycles. The Balaban J connectivity index is 1.18. The molecule has 25 heavy (non-hydrogen) atoms. The number of imidazole rings is 1. The first-order valence-corrected chi connectivity index (χ1v) is 9.86. The molecule has 1 N–H and O–H groups in total. The van der Waals surface area contributed by atoms with E-state index in [1.54, 1.807) is 0 Å². The summed E-state index contributed by atoms with van der Waals surface area (Å²) in [5, 5.41) is 3.28. The van der Waals surface area contributed by atoms with Gasteiger partial charge in [-0.1, -0.05) is 12.1 Å². The lowest BCUT2D eigenvalue weighted by molar-refractivity contribution is -0.123. The number of para-hydroxylation sites is 2. The number of rotatable bonds is 5. The van der Waals surface area contributed by atoms with Gasteiger partial charge in [-0.3, -0.25) is 4.79 Å². The predicted molar refractivity (Wildman–Crippen MR) is 98.0 cm³/mol. The van der Waals surface area contributed by atoms with Crippen LogP contribution in [-0.4, -0.2) is 22.0 Å². The summed E-state index contributed by atoms with van der Waals surface area (Å²) in [4.78, 5) is 16.8. The van der Waals surface area contributed by atoms with Crippen molar-refractivity contribution in [2.24, 2.45) is 23.2 Å². The first-order chi connectivity index (χ1) is 12.2. The molecule has 4 fully saturated rings. The Bertz CT molecular complexity index is 758. The number of benzene rings is 1. The lowest BCUT2D eigenvalue weighted by atomic mass is 9.49. The fourth-order valence-corrected chi connectivity index (χ4v) is 6.29. The van der Waals surface area contributed by atoms with Crippen LogP contribution in [0.5, 0.6) is 0 Å². The van der Waals surface area contributed by atoms with E-state index in [4.69, 9.17) is 0 Å². The molecule has 0 aliphatic heterocycles. The first kappa shape index (κ1) is 15.4. The highest BCUT2D eigenvalue weighted by Gasteiger charge is 2.50. The van der Waals surface area contributed by atoms with Crippen LogP contribution in [0.25, 0.3) is 11.0 Å². The summed E-state index contributed by atoms with van der Waals surface area (Å²) >= 11 is 0. The molecule has 4 nitrogen and oxygen atoms in total. The molecule has 1 aromatic heterocycles. The number of fused-ring (bicyclic) bond motifs is 1. The van der Waals surface area contributed by atoms with Crippen molar-refractivity contribution < 1.29 is 4.79 Å². The maximum Gasteiger partial charge on any atom is 0.221 e. The number of carbonyl (C=O) groups is 1. The van der Waals surface area contributed by atoms with Gasteiger partial charge in [0.1, 0.15) is 0 Å². The number of aromatic nitrogens is 2. The van der Waals surface area contributed by atoms with Gasteiger partial charge in [0, 0.05) is 19.5 Å². The molecule has 4 saturated carbocycles. The van der Waals surface area contributed by atoms with Gasteiger partial charge < -0.3 is 9.88 Å². The number of nitrogens with one attached hydrogen (secondary N) is 1. The summed E-state index contributed by atoms with van der Waals surface area (Å²) < 4.78 is 2.08. The molecule has 2 aromatic rings. The zero-order valence-electron chi connectivity index (χ0n) is 14.8. The van der Waals surface area contributed by atoms with Gasteiger partial charge in [0.2, 0.25) is 5.91 Å². The summed E-state index contributed by atoms with van der Waals surface area (Å²) in [5.41, 5.74) is 2.53. The van der Waals surface area contributed by atoms with Crippen molar-refractivity contribution in [1.82, 2.24) is 14.9 Å². The number of nitrogens with zero attached hydrogens (tertiary/aromatic N) is 2. The Morgan fingerprint density at radius 1 is 1.12 bits per heavy atom. The number of aryl methyl sites for hydroxylation is 1. The van der Waals surface area contributed by atoms with E-state index in [0.717, 1.165) is 35.3 Å². The smallest absolute Gasteiger partial charge is 0.221 e. The standard InChI is InChI=1S/C21H27N3O/c25-20(5-6-24-14-23-18-3-1-2-4-19(18)24)22-13-21-10-15-7-16(11-21)9-17(8-15)12-21/h1-4,14-17H,5-13H2,(H,22,25). The number of carbonyl (C=O) groups excluding carboxylic acids is 1. The average molecular weight is 337 g/mol. The average Bonchev–Trinajstić information content (AvgIpc) is 3.00. The van der Waals surface area contributed by atoms with Crippen molar-refractivity contribution in [3.05, 3.63) is 30.6 Å². The van der Waals surface area contributed by atoms with Crippen LogP contribution in [0.2, 0.25) is 0 Å². The van der Waals surface area contributed by atoms with Gasteiger partial charge in [0.25, 0.3) is 0 Å². The van der Waals surface area contributed by atoms with Crippen molar-refractivity contribution in [3.63, 3.8) is 0 Å². The second kappa shape index (κ2) is 5.86. The zero-order valence-corrected chi connectivity index (χ0v) is 14.8. The van der Waals surface area contributed by atoms with Crippen molar-refractivity contribution in [1.29, 1.82) is 0 Å². The van der Waals surface area contributed by atoms with Crippen LogP contribution in [-0.2, 0) is 11.3 Å². The highest BCUT2D eigenvalue weighted by atomic mass is 16.1. The Labute approximate surface area is 149 Å². The minimum atomic E-state index is 0.188. The first-order valence-electron chi connectivity index (χ1n) is 9.86. The predicted octanol–water partition coefficient (Wildman–Crippen LogP) is 3.76. The van der Waals surface area contributed by atoms with Crippen LogP contribution < -0.4 is 5.32 Å². The third kappa shape index (κ3) is 2.86. The monoisotopic (exact) mass is 337 g/mol. The summed E-state index contributed by atoms with van der Waals surface area (Å²) in [6.07, 6.45) is 10.8. The molecule has 6 rings (SSSR count). The highest BCUT2D eigenvalue weighted by Crippen LogP contribution is 2.59. The molecule has 1 aromatic carbocycles. The zero-order chi connectivity index (χ0) is 16.9. The van der Waals surface area contributed by atoms with Crippen LogP contribution in [0.3, 0.4) is 0 Å². The molecule has 4 bridgehead atoms. The van der Waals surface area contributed by atoms with E-state index in [1.807, 2.05) is 24.5 Å². The van der Waals surface area contributed by atoms with E-state index in [0.29, 0.717) is 18.4 Å². The van der Waals surface area contributed by atoms with Gasteiger partial charge >= 0.3 is 0 Å². The SMILES string of the molecule is O=C(CCn1cnc2ccccc21)NCC12CC3CC(CC(C3)C1)C2. The maximum absolute atomic E-state index is 12.4. The molecule has 132 valence electrons. The van der Waals surface area contributed by atoms with Crippen LogP contribution in [0.15, 0.2) is 30.6 Å². The fraction of sp³-hybridized carbons (Fsp3) is 0.619. The molecule has 0 radical (unpaired) electrons. The van der Waals surface area contributed by atoms with Gasteiger partial charge in [0.05, 0.1) is 17.4 Å². The van der Waals surface area contributed by atoms with E-state index in [1.165, 1.54) is 38.5 Å². The van der Waals surface area contributed by atoms with Crippen LogP contribution in [0, 0.1) is 23.2 Å². The molecular weight excluding hydrogens is 310 g/mol. The second-order valence-corrected chi connectivity index (χ2v) is 8.87. The Hall–Kier alpha value is -1.84. The van der Waals surface area contributed by atoms with E-state index >= 15 is 0 Å². The summed E-state index contributed by atoms with van der Waals surface area (Å²) in [7, 11) is 0. The number of amides is 1. The fourth-order valence-electron chi connectivity index (χ4n) is 6.29. The third-order valence-corrected chi connectivity index (χ3v) is 6.93. The van der Waals surface area contributed by atoms with E-state index in [9.17, 15) is 4.79 Å². The second-order valence-electron chi connectivity index (χ2n) is 8.87. The number of hydrogen-bond donors (Lipinski definition) is 1. The number of hydrogen-bond acceptors (Lipinski definition) is 2. The lowest BCUT2D eigenvalue weighted by Crippen LogP contribution is -2.51. The third-order valence-electron chi connectivity index (χ3n) is 6.93. The van der Waals surface area contributed by atoms with E-state index < -0.39 is 0 Å². The van der Waals surface area contributed by atoms with Crippen LogP contribution in [0.1, 0.15) is 44.9 Å². The maximum atomic E-state index is 12.4. The molecule has 4 aliphatic rings. The Morgan fingerprint density at radius 3 is 2.52 bits per heavy atom. The Kier molecular flexibility index (Phi) is 3.61. The molecular formula is C21H27N3O. The van der Waals surface area contributed by atoms with Crippen LogP contribution in [0.4, 0.5) is 0 Å². The van der Waals surface area contributed by atoms with Gasteiger partial charge in [-0.05, 0) is 73.8 Å². The van der Waals surface area contributed by atoms with Gasteiger partial charge in [-0.2, -0.15) is 0 Å². The van der Waals surface area contributed by atoms with Gasteiger partial charge in [-0.15, -0.1) is 0 Å². The van der Waals surface area contributed by atoms with Crippen molar-refractivity contribution in [2.75, 3.05) is 6.54 Å². The quantitative estimate of drug-likeness (QED) is 0.903. The molecule has 0 spiro atoms. The normalized spacial score (nSPS) is 33.0.